The molecule has 1 fully saturated rings. The molecule has 0 unspecified atom stereocenters. The van der Waals surface area contributed by atoms with E-state index in [-0.39, 0.29) is 0 Å². The minimum atomic E-state index is 0.454. The van der Waals surface area contributed by atoms with Crippen molar-refractivity contribution in [3.63, 3.8) is 0 Å². The van der Waals surface area contributed by atoms with E-state index in [2.05, 4.69) is 19.1 Å². The normalized spacial score (nSPS) is 17.6. The Kier molecular flexibility index (Phi) is 3.87. The molecule has 16 heavy (non-hydrogen) atoms. The maximum atomic E-state index is 9.64. The molecule has 0 aromatic heterocycles. The number of rotatable bonds is 3. The van der Waals surface area contributed by atoms with E-state index in [0.29, 0.717) is 5.75 Å². The summed E-state index contributed by atoms with van der Waals surface area (Å²) < 4.78 is 0. The zero-order chi connectivity index (χ0) is 11.4. The van der Waals surface area contributed by atoms with Crippen molar-refractivity contribution in [3.05, 3.63) is 29.3 Å². The Morgan fingerprint density at radius 2 is 1.94 bits per heavy atom. The largest absolute Gasteiger partial charge is 0.508 e. The van der Waals surface area contributed by atoms with Gasteiger partial charge in [0.25, 0.3) is 0 Å². The number of hydrogen-bond donors (Lipinski definition) is 1. The van der Waals surface area contributed by atoms with Gasteiger partial charge in [-0.1, -0.05) is 51.2 Å². The first-order valence-corrected chi connectivity index (χ1v) is 6.60. The van der Waals surface area contributed by atoms with Gasteiger partial charge in [0.1, 0.15) is 5.75 Å². The number of aryl methyl sites for hydroxylation is 1. The van der Waals surface area contributed by atoms with Crippen LogP contribution in [0.2, 0.25) is 0 Å². The van der Waals surface area contributed by atoms with E-state index in [1.807, 2.05) is 6.07 Å². The maximum absolute atomic E-state index is 9.64. The van der Waals surface area contributed by atoms with Crippen molar-refractivity contribution < 1.29 is 5.11 Å². The topological polar surface area (TPSA) is 20.2 Å². The summed E-state index contributed by atoms with van der Waals surface area (Å²) in [6.07, 6.45) is 9.14. The fourth-order valence-corrected chi connectivity index (χ4v) is 2.77. The van der Waals surface area contributed by atoms with Gasteiger partial charge in [0.15, 0.2) is 0 Å². The van der Waals surface area contributed by atoms with Gasteiger partial charge in [0, 0.05) is 0 Å². The zero-order valence-electron chi connectivity index (χ0n) is 10.2. The van der Waals surface area contributed by atoms with E-state index in [9.17, 15) is 5.11 Å². The molecule has 0 saturated heterocycles. The maximum Gasteiger partial charge on any atom is 0.118 e. The van der Waals surface area contributed by atoms with Crippen LogP contribution in [0.3, 0.4) is 0 Å². The second-order valence-corrected chi connectivity index (χ2v) is 5.02. The van der Waals surface area contributed by atoms with Crippen LogP contribution in [0.25, 0.3) is 0 Å². The van der Waals surface area contributed by atoms with Gasteiger partial charge in [-0.3, -0.25) is 0 Å². The van der Waals surface area contributed by atoms with Gasteiger partial charge < -0.3 is 5.11 Å². The highest BCUT2D eigenvalue weighted by atomic mass is 16.3. The lowest BCUT2D eigenvalue weighted by Crippen LogP contribution is -2.09. The quantitative estimate of drug-likeness (QED) is 0.810. The first-order chi connectivity index (χ1) is 7.79. The van der Waals surface area contributed by atoms with Crippen molar-refractivity contribution in [2.24, 2.45) is 5.92 Å². The molecule has 1 N–H and O–H groups in total. The molecule has 0 bridgehead atoms. The standard InChI is InChI=1S/C15H22O/c1-2-14-11-13(8-9-15(14)16)10-12-6-4-3-5-7-12/h8-9,11-12,16H,2-7,10H2,1H3. The Labute approximate surface area is 98.5 Å². The van der Waals surface area contributed by atoms with Gasteiger partial charge in [0.05, 0.1) is 0 Å². The van der Waals surface area contributed by atoms with E-state index in [1.54, 1.807) is 0 Å². The van der Waals surface area contributed by atoms with Crippen molar-refractivity contribution in [2.45, 2.75) is 51.9 Å². The first-order valence-electron chi connectivity index (χ1n) is 6.60. The second kappa shape index (κ2) is 5.38. The Morgan fingerprint density at radius 3 is 2.62 bits per heavy atom. The third kappa shape index (κ3) is 2.78. The molecular formula is C15H22O. The predicted octanol–water partition coefficient (Wildman–Crippen LogP) is 4.08. The monoisotopic (exact) mass is 218 g/mol. The van der Waals surface area contributed by atoms with Crippen LogP contribution in [-0.2, 0) is 12.8 Å². The van der Waals surface area contributed by atoms with E-state index < -0.39 is 0 Å². The molecule has 1 aliphatic carbocycles. The Hall–Kier alpha value is -0.980. The number of phenolic OH excluding ortho intramolecular Hbond substituents is 1. The second-order valence-electron chi connectivity index (χ2n) is 5.02. The van der Waals surface area contributed by atoms with Gasteiger partial charge in [-0.25, -0.2) is 0 Å². The summed E-state index contributed by atoms with van der Waals surface area (Å²) in [4.78, 5) is 0. The Balaban J connectivity index is 2.03. The predicted molar refractivity (Wildman–Crippen MR) is 67.8 cm³/mol. The molecule has 1 heteroatoms. The zero-order valence-corrected chi connectivity index (χ0v) is 10.2. The summed E-state index contributed by atoms with van der Waals surface area (Å²) in [6, 6.07) is 6.13. The third-order valence-electron chi connectivity index (χ3n) is 3.77. The van der Waals surface area contributed by atoms with Crippen molar-refractivity contribution in [2.75, 3.05) is 0 Å². The third-order valence-corrected chi connectivity index (χ3v) is 3.77. The fraction of sp³-hybridized carbons (Fsp3) is 0.600. The first kappa shape index (κ1) is 11.5. The summed E-state index contributed by atoms with van der Waals surface area (Å²) in [7, 11) is 0. The summed E-state index contributed by atoms with van der Waals surface area (Å²) in [5.74, 6) is 1.33. The van der Waals surface area contributed by atoms with E-state index in [1.165, 1.54) is 44.1 Å². The molecule has 0 heterocycles. The number of phenols is 1. The molecule has 0 aliphatic heterocycles. The molecule has 1 saturated carbocycles. The highest BCUT2D eigenvalue weighted by Crippen LogP contribution is 2.28. The Bertz CT molecular complexity index is 337. The summed E-state index contributed by atoms with van der Waals surface area (Å²) in [6.45, 7) is 2.10. The molecule has 1 aliphatic rings. The lowest BCUT2D eigenvalue weighted by Gasteiger charge is -2.21. The van der Waals surface area contributed by atoms with Crippen molar-refractivity contribution in [1.82, 2.24) is 0 Å². The van der Waals surface area contributed by atoms with Crippen molar-refractivity contribution in [1.29, 1.82) is 0 Å². The lowest BCUT2D eigenvalue weighted by molar-refractivity contribution is 0.356. The molecule has 88 valence electrons. The SMILES string of the molecule is CCc1cc(CC2CCCCC2)ccc1O. The van der Waals surface area contributed by atoms with Crippen LogP contribution >= 0.6 is 0 Å². The molecule has 0 atom stereocenters. The Morgan fingerprint density at radius 1 is 1.19 bits per heavy atom. The van der Waals surface area contributed by atoms with Crippen LogP contribution in [0.4, 0.5) is 0 Å². The minimum absolute atomic E-state index is 0.454. The molecule has 1 aromatic rings. The highest BCUT2D eigenvalue weighted by Gasteiger charge is 2.14. The van der Waals surface area contributed by atoms with Crippen LogP contribution in [0.5, 0.6) is 5.75 Å². The van der Waals surface area contributed by atoms with Gasteiger partial charge in [-0.15, -0.1) is 0 Å². The van der Waals surface area contributed by atoms with Crippen LogP contribution in [0.15, 0.2) is 18.2 Å². The number of benzene rings is 1. The van der Waals surface area contributed by atoms with Gasteiger partial charge in [0.2, 0.25) is 0 Å². The summed E-state index contributed by atoms with van der Waals surface area (Å²) >= 11 is 0. The van der Waals surface area contributed by atoms with E-state index in [0.717, 1.165) is 17.9 Å². The van der Waals surface area contributed by atoms with Gasteiger partial charge >= 0.3 is 0 Å². The van der Waals surface area contributed by atoms with Crippen molar-refractivity contribution >= 4 is 0 Å². The van der Waals surface area contributed by atoms with Crippen molar-refractivity contribution in [3.8, 4) is 5.75 Å². The fourth-order valence-electron chi connectivity index (χ4n) is 2.77. The van der Waals surface area contributed by atoms with Crippen LogP contribution in [0, 0.1) is 5.92 Å². The van der Waals surface area contributed by atoms with Gasteiger partial charge in [-0.05, 0) is 36.0 Å². The van der Waals surface area contributed by atoms with E-state index >= 15 is 0 Å². The molecule has 1 nitrogen and oxygen atoms in total. The molecule has 0 amide bonds. The highest BCUT2D eigenvalue weighted by molar-refractivity contribution is 5.36. The lowest BCUT2D eigenvalue weighted by atomic mass is 9.84. The molecule has 1 aromatic carbocycles. The van der Waals surface area contributed by atoms with E-state index in [4.69, 9.17) is 0 Å². The van der Waals surface area contributed by atoms with Crippen LogP contribution < -0.4 is 0 Å². The van der Waals surface area contributed by atoms with Crippen LogP contribution in [-0.4, -0.2) is 5.11 Å². The number of aromatic hydroxyl groups is 1. The summed E-state index contributed by atoms with van der Waals surface area (Å²) in [5, 5.41) is 9.64. The molecule has 0 spiro atoms. The molecular weight excluding hydrogens is 196 g/mol. The average molecular weight is 218 g/mol. The van der Waals surface area contributed by atoms with Gasteiger partial charge in [-0.2, -0.15) is 0 Å². The smallest absolute Gasteiger partial charge is 0.118 e. The summed E-state index contributed by atoms with van der Waals surface area (Å²) in [5.41, 5.74) is 2.50. The minimum Gasteiger partial charge on any atom is -0.508 e. The number of hydrogen-bond acceptors (Lipinski definition) is 1. The molecule has 2 rings (SSSR count). The van der Waals surface area contributed by atoms with Crippen LogP contribution in [0.1, 0.15) is 50.2 Å². The molecule has 0 radical (unpaired) electrons. The average Bonchev–Trinajstić information content (AvgIpc) is 2.33.